The lowest BCUT2D eigenvalue weighted by Crippen LogP contribution is -2.21. The number of nitrogens with two attached hydrogens (primary N) is 1. The summed E-state index contributed by atoms with van der Waals surface area (Å²) in [5.41, 5.74) is 1.75. The number of urea groups is 2. The van der Waals surface area contributed by atoms with Crippen molar-refractivity contribution in [1.29, 1.82) is 0 Å². The van der Waals surface area contributed by atoms with Crippen LogP contribution in [0.1, 0.15) is 21.6 Å². The summed E-state index contributed by atoms with van der Waals surface area (Å²) in [4.78, 5) is 39.4. The largest absolute Gasteiger partial charge is 0.416 e. The van der Waals surface area contributed by atoms with Crippen LogP contribution in [0.3, 0.4) is 0 Å². The van der Waals surface area contributed by atoms with Crippen molar-refractivity contribution in [1.82, 2.24) is 4.98 Å². The highest BCUT2D eigenvalue weighted by Gasteiger charge is 2.32. The van der Waals surface area contributed by atoms with Crippen LogP contribution in [0, 0.1) is 11.6 Å². The van der Waals surface area contributed by atoms with Crippen LogP contribution in [0.4, 0.5) is 67.5 Å². The third-order valence-corrected chi connectivity index (χ3v) is 5.89. The number of benzene rings is 3. The van der Waals surface area contributed by atoms with Gasteiger partial charge in [0.1, 0.15) is 17.3 Å². The average Bonchev–Trinajstić information content (AvgIpc) is 3.34. The third kappa shape index (κ3) is 7.23. The van der Waals surface area contributed by atoms with Crippen molar-refractivity contribution in [3.63, 3.8) is 0 Å². The Bertz CT molecular complexity index is 1730. The van der Waals surface area contributed by atoms with Crippen molar-refractivity contribution < 1.29 is 49.5 Å². The smallest absolute Gasteiger partial charge is 0.364 e. The number of aromatic nitrogens is 1. The summed E-state index contributed by atoms with van der Waals surface area (Å²) >= 11 is 0. The summed E-state index contributed by atoms with van der Waals surface area (Å²) in [6.45, 7) is 0. The summed E-state index contributed by atoms with van der Waals surface area (Å²) in [6, 6.07) is 6.16. The molecule has 0 bridgehead atoms. The van der Waals surface area contributed by atoms with Gasteiger partial charge in [-0.05, 0) is 54.1 Å². The van der Waals surface area contributed by atoms with Crippen molar-refractivity contribution in [3.05, 3.63) is 95.3 Å². The molecule has 5 amide bonds. The number of nitrogens with one attached hydrogen (secondary N) is 5. The molecular formula is C27H18F8N6O3. The second-order valence-electron chi connectivity index (χ2n) is 8.94. The van der Waals surface area contributed by atoms with Gasteiger partial charge >= 0.3 is 24.4 Å². The normalized spacial score (nSPS) is 11.5. The zero-order valence-corrected chi connectivity index (χ0v) is 21.7. The fourth-order valence-corrected chi connectivity index (χ4v) is 3.89. The van der Waals surface area contributed by atoms with Gasteiger partial charge < -0.3 is 32.0 Å². The maximum Gasteiger partial charge on any atom is 0.416 e. The highest BCUT2D eigenvalue weighted by atomic mass is 19.4. The fraction of sp³-hybridized carbons (Fsp3) is 0.0741. The summed E-state index contributed by atoms with van der Waals surface area (Å²) in [5, 5.41) is 8.65. The predicted molar refractivity (Wildman–Crippen MR) is 143 cm³/mol. The molecule has 3 aromatic carbocycles. The van der Waals surface area contributed by atoms with E-state index in [4.69, 9.17) is 5.73 Å². The third-order valence-electron chi connectivity index (χ3n) is 5.89. The van der Waals surface area contributed by atoms with Gasteiger partial charge in [-0.1, -0.05) is 12.1 Å². The molecule has 1 heterocycles. The number of H-pyrrole nitrogens is 1. The summed E-state index contributed by atoms with van der Waals surface area (Å²) in [7, 11) is 0. The molecule has 9 nitrogen and oxygen atoms in total. The van der Waals surface area contributed by atoms with Crippen molar-refractivity contribution in [2.45, 2.75) is 12.4 Å². The predicted octanol–water partition coefficient (Wildman–Crippen LogP) is 7.38. The van der Waals surface area contributed by atoms with Gasteiger partial charge in [-0.15, -0.1) is 0 Å². The Morgan fingerprint density at radius 2 is 1.18 bits per heavy atom. The van der Waals surface area contributed by atoms with E-state index in [2.05, 4.69) is 20.9 Å². The van der Waals surface area contributed by atoms with Crippen LogP contribution in [0.25, 0.3) is 11.1 Å². The van der Waals surface area contributed by atoms with Crippen LogP contribution in [0.2, 0.25) is 0 Å². The molecule has 17 heteroatoms. The van der Waals surface area contributed by atoms with Gasteiger partial charge in [0.2, 0.25) is 0 Å². The number of carbonyl (C=O) groups excluding carboxylic acids is 3. The van der Waals surface area contributed by atoms with Crippen LogP contribution >= 0.6 is 0 Å². The monoisotopic (exact) mass is 626 g/mol. The molecule has 0 saturated carbocycles. The number of carbonyl (C=O) groups is 3. The molecule has 4 rings (SSSR count). The topological polar surface area (TPSA) is 141 Å². The molecule has 0 atom stereocenters. The fourth-order valence-electron chi connectivity index (χ4n) is 3.89. The standard InChI is InChI=1S/C27H18F8N6O3/c28-16-7-3-14(27(33,34)35)10-19(16)40-25(44)41-20-11-37-22(23(36)42)21(20)12-1-5-15(6-2-12)38-24(43)39-18-8-4-13(9-17(18)29)26(30,31)32/h1-11,37H,(H2,36,42)(H2,38,39,43)(H2,40,41,44). The number of hydrogen-bond donors (Lipinski definition) is 6. The summed E-state index contributed by atoms with van der Waals surface area (Å²) < 4.78 is 105. The van der Waals surface area contributed by atoms with Crippen LogP contribution in [0.15, 0.2) is 66.9 Å². The molecule has 0 aliphatic heterocycles. The summed E-state index contributed by atoms with van der Waals surface area (Å²) in [5.74, 6) is -3.43. The SMILES string of the molecule is NC(=O)c1[nH]cc(NC(=O)Nc2cc(C(F)(F)F)ccc2F)c1-c1ccc(NC(=O)Nc2ccc(C(F)(F)F)cc2F)cc1. The molecule has 0 aliphatic carbocycles. The van der Waals surface area contributed by atoms with Crippen LogP contribution in [0.5, 0.6) is 0 Å². The van der Waals surface area contributed by atoms with Crippen molar-refractivity contribution in [2.75, 3.05) is 21.3 Å². The molecule has 0 fully saturated rings. The zero-order chi connectivity index (χ0) is 32.4. The van der Waals surface area contributed by atoms with Crippen molar-refractivity contribution in [2.24, 2.45) is 5.73 Å². The number of anilines is 4. The first-order valence-corrected chi connectivity index (χ1v) is 12.0. The Hall–Kier alpha value is -5.61. The Balaban J connectivity index is 1.49. The molecule has 4 aromatic rings. The van der Waals surface area contributed by atoms with Gasteiger partial charge in [-0.2, -0.15) is 26.3 Å². The molecule has 0 saturated heterocycles. The first-order chi connectivity index (χ1) is 20.5. The Morgan fingerprint density at radius 3 is 1.77 bits per heavy atom. The second kappa shape index (κ2) is 11.9. The summed E-state index contributed by atoms with van der Waals surface area (Å²) in [6.07, 6.45) is -8.43. The molecular weight excluding hydrogens is 608 g/mol. The van der Waals surface area contributed by atoms with E-state index in [1.54, 1.807) is 0 Å². The number of aromatic amines is 1. The van der Waals surface area contributed by atoms with Crippen LogP contribution < -0.4 is 27.0 Å². The number of hydrogen-bond acceptors (Lipinski definition) is 3. The minimum absolute atomic E-state index is 0.0278. The van der Waals surface area contributed by atoms with Gasteiger partial charge in [0, 0.05) is 17.4 Å². The Kier molecular flexibility index (Phi) is 8.50. The highest BCUT2D eigenvalue weighted by Crippen LogP contribution is 2.35. The average molecular weight is 626 g/mol. The molecule has 1 aromatic heterocycles. The molecule has 230 valence electrons. The second-order valence-corrected chi connectivity index (χ2v) is 8.94. The lowest BCUT2D eigenvalue weighted by molar-refractivity contribution is -0.138. The number of halogens is 8. The van der Waals surface area contributed by atoms with Gasteiger partial charge in [-0.3, -0.25) is 4.79 Å². The molecule has 44 heavy (non-hydrogen) atoms. The lowest BCUT2D eigenvalue weighted by Gasteiger charge is -2.13. The van der Waals surface area contributed by atoms with E-state index in [0.29, 0.717) is 24.3 Å². The van der Waals surface area contributed by atoms with E-state index in [9.17, 15) is 49.5 Å². The minimum Gasteiger partial charge on any atom is -0.364 e. The van der Waals surface area contributed by atoms with Crippen molar-refractivity contribution in [3.8, 4) is 11.1 Å². The van der Waals surface area contributed by atoms with E-state index in [-0.39, 0.29) is 34.3 Å². The first kappa shape index (κ1) is 31.3. The lowest BCUT2D eigenvalue weighted by atomic mass is 10.0. The minimum atomic E-state index is -4.80. The van der Waals surface area contributed by atoms with E-state index in [0.717, 1.165) is 12.3 Å². The number of rotatable bonds is 6. The van der Waals surface area contributed by atoms with Gasteiger partial charge in [0.15, 0.2) is 0 Å². The van der Waals surface area contributed by atoms with Crippen LogP contribution in [-0.4, -0.2) is 23.0 Å². The van der Waals surface area contributed by atoms with E-state index in [1.165, 1.54) is 24.3 Å². The van der Waals surface area contributed by atoms with Crippen molar-refractivity contribution >= 4 is 40.7 Å². The molecule has 0 spiro atoms. The van der Waals surface area contributed by atoms with Crippen LogP contribution in [-0.2, 0) is 12.4 Å². The maximum atomic E-state index is 14.1. The Morgan fingerprint density at radius 1 is 0.636 bits per heavy atom. The number of amides is 5. The molecule has 0 aliphatic rings. The Labute approximate surface area is 241 Å². The van der Waals surface area contributed by atoms with Gasteiger partial charge in [0.05, 0.1) is 28.2 Å². The van der Waals surface area contributed by atoms with E-state index in [1.807, 2.05) is 5.32 Å². The molecule has 0 radical (unpaired) electrons. The zero-order valence-electron chi connectivity index (χ0n) is 21.7. The van der Waals surface area contributed by atoms with Gasteiger partial charge in [0.25, 0.3) is 5.91 Å². The first-order valence-electron chi connectivity index (χ1n) is 12.0. The van der Waals surface area contributed by atoms with E-state index >= 15 is 0 Å². The van der Waals surface area contributed by atoms with E-state index < -0.39 is 64.5 Å². The molecule has 7 N–H and O–H groups in total. The maximum absolute atomic E-state index is 14.1. The highest BCUT2D eigenvalue weighted by molar-refractivity contribution is 6.07. The van der Waals surface area contributed by atoms with Gasteiger partial charge in [-0.25, -0.2) is 18.4 Å². The number of alkyl halides is 6. The molecule has 0 unspecified atom stereocenters. The quantitative estimate of drug-likeness (QED) is 0.124. The number of primary amides is 1.